The van der Waals surface area contributed by atoms with E-state index in [9.17, 15) is 9.59 Å². The fourth-order valence-electron chi connectivity index (χ4n) is 1.65. The molecule has 0 fully saturated rings. The van der Waals surface area contributed by atoms with Gasteiger partial charge in [0, 0.05) is 12.8 Å². The van der Waals surface area contributed by atoms with Crippen molar-refractivity contribution in [3.63, 3.8) is 0 Å². The first kappa shape index (κ1) is 13.8. The van der Waals surface area contributed by atoms with Crippen LogP contribution in [0.3, 0.4) is 0 Å². The highest BCUT2D eigenvalue weighted by molar-refractivity contribution is 6.02. The summed E-state index contributed by atoms with van der Waals surface area (Å²) in [6, 6.07) is 4.48. The third kappa shape index (κ3) is 3.36. The highest BCUT2D eigenvalue weighted by Crippen LogP contribution is 2.17. The molecule has 0 aliphatic rings. The van der Waals surface area contributed by atoms with Crippen molar-refractivity contribution >= 4 is 11.9 Å². The molecule has 0 saturated carbocycles. The molecule has 0 amide bonds. The molecule has 1 rings (SSSR count). The van der Waals surface area contributed by atoms with Crippen LogP contribution in [0.5, 0.6) is 0 Å². The molecule has 4 heteroatoms. The van der Waals surface area contributed by atoms with E-state index >= 15 is 0 Å². The van der Waals surface area contributed by atoms with Gasteiger partial charge in [-0.2, -0.15) is 0 Å². The van der Waals surface area contributed by atoms with Crippen LogP contribution in [0.15, 0.2) is 18.2 Å². The predicted molar refractivity (Wildman–Crippen MR) is 66.7 cm³/mol. The number of hydrogen-bond donors (Lipinski definition) is 2. The molecule has 0 saturated heterocycles. The van der Waals surface area contributed by atoms with Gasteiger partial charge in [0.2, 0.25) is 0 Å². The van der Waals surface area contributed by atoms with Gasteiger partial charge in [0.15, 0.2) is 0 Å². The number of rotatable bonds is 4. The summed E-state index contributed by atoms with van der Waals surface area (Å²) in [5, 5.41) is 18.1. The minimum absolute atomic E-state index is 0.136. The number of benzene rings is 1. The third-order valence-electron chi connectivity index (χ3n) is 2.42. The van der Waals surface area contributed by atoms with Crippen molar-refractivity contribution in [2.24, 2.45) is 0 Å². The molecule has 18 heavy (non-hydrogen) atoms. The van der Waals surface area contributed by atoms with Crippen LogP contribution < -0.4 is 0 Å². The Morgan fingerprint density at radius 1 is 1.17 bits per heavy atom. The Morgan fingerprint density at radius 2 is 1.89 bits per heavy atom. The lowest BCUT2D eigenvalue weighted by atomic mass is 9.97. The lowest BCUT2D eigenvalue weighted by Gasteiger charge is -2.07. The van der Waals surface area contributed by atoms with Gasteiger partial charge >= 0.3 is 11.9 Å². The Balaban J connectivity index is 3.07. The molecule has 0 aromatic heterocycles. The third-order valence-corrected chi connectivity index (χ3v) is 2.42. The van der Waals surface area contributed by atoms with E-state index < -0.39 is 11.9 Å². The van der Waals surface area contributed by atoms with E-state index in [0.717, 1.165) is 6.42 Å². The Labute approximate surface area is 105 Å². The molecular formula is C14H14O4. The van der Waals surface area contributed by atoms with Gasteiger partial charge in [0.1, 0.15) is 0 Å². The molecule has 0 heterocycles. The molecule has 2 N–H and O–H groups in total. The van der Waals surface area contributed by atoms with E-state index in [2.05, 4.69) is 11.8 Å². The van der Waals surface area contributed by atoms with Crippen LogP contribution in [-0.2, 0) is 6.42 Å². The fourth-order valence-corrected chi connectivity index (χ4v) is 1.65. The molecule has 0 atom stereocenters. The van der Waals surface area contributed by atoms with Crippen molar-refractivity contribution in [3.8, 4) is 11.8 Å². The molecule has 0 aliphatic heterocycles. The zero-order valence-electron chi connectivity index (χ0n) is 10.1. The highest BCUT2D eigenvalue weighted by atomic mass is 16.4. The smallest absolute Gasteiger partial charge is 0.336 e. The maximum Gasteiger partial charge on any atom is 0.336 e. The molecule has 0 aliphatic carbocycles. The molecule has 94 valence electrons. The van der Waals surface area contributed by atoms with E-state index in [0.29, 0.717) is 18.4 Å². The molecule has 0 spiro atoms. The molecule has 0 bridgehead atoms. The summed E-state index contributed by atoms with van der Waals surface area (Å²) in [6.45, 7) is 1.93. The SMILES string of the molecule is CCC#CCCc1cccc(C(=O)O)c1C(=O)O. The standard InChI is InChI=1S/C14H14O4/c1-2-3-4-5-7-10-8-6-9-11(13(15)16)12(10)14(17)18/h6,8-9H,2,5,7H2,1H3,(H,15,16)(H,17,18). The molecular weight excluding hydrogens is 232 g/mol. The monoisotopic (exact) mass is 246 g/mol. The largest absolute Gasteiger partial charge is 0.478 e. The number of aromatic carboxylic acids is 2. The van der Waals surface area contributed by atoms with Gasteiger partial charge in [-0.1, -0.05) is 19.1 Å². The van der Waals surface area contributed by atoms with Crippen molar-refractivity contribution in [1.82, 2.24) is 0 Å². The summed E-state index contributed by atoms with van der Waals surface area (Å²) in [7, 11) is 0. The molecule has 0 radical (unpaired) electrons. The summed E-state index contributed by atoms with van der Waals surface area (Å²) in [5.41, 5.74) is 0.194. The summed E-state index contributed by atoms with van der Waals surface area (Å²) in [6.07, 6.45) is 1.72. The lowest BCUT2D eigenvalue weighted by molar-refractivity contribution is 0.0650. The van der Waals surface area contributed by atoms with E-state index in [-0.39, 0.29) is 11.1 Å². The van der Waals surface area contributed by atoms with Gasteiger partial charge in [-0.25, -0.2) is 9.59 Å². The van der Waals surface area contributed by atoms with Crippen molar-refractivity contribution in [3.05, 3.63) is 34.9 Å². The minimum atomic E-state index is -1.23. The Hall–Kier alpha value is -2.28. The summed E-state index contributed by atoms with van der Waals surface area (Å²) < 4.78 is 0. The second kappa shape index (κ2) is 6.45. The van der Waals surface area contributed by atoms with E-state index in [1.807, 2.05) is 6.92 Å². The van der Waals surface area contributed by atoms with Crippen molar-refractivity contribution in [1.29, 1.82) is 0 Å². The zero-order valence-corrected chi connectivity index (χ0v) is 10.1. The predicted octanol–water partition coefficient (Wildman–Crippen LogP) is 2.43. The lowest BCUT2D eigenvalue weighted by Crippen LogP contribution is -2.11. The molecule has 1 aromatic carbocycles. The number of carboxylic acid groups (broad SMARTS) is 2. The van der Waals surface area contributed by atoms with Gasteiger partial charge in [-0.15, -0.1) is 11.8 Å². The van der Waals surface area contributed by atoms with Crippen molar-refractivity contribution < 1.29 is 19.8 Å². The van der Waals surface area contributed by atoms with Crippen LogP contribution in [0.1, 0.15) is 46.0 Å². The number of carboxylic acids is 2. The van der Waals surface area contributed by atoms with Gasteiger partial charge in [0.05, 0.1) is 11.1 Å². The second-order valence-electron chi connectivity index (χ2n) is 3.66. The Kier molecular flexibility index (Phi) is 4.94. The van der Waals surface area contributed by atoms with E-state index in [1.54, 1.807) is 12.1 Å². The molecule has 1 aromatic rings. The maximum absolute atomic E-state index is 11.1. The average Bonchev–Trinajstić information content (AvgIpc) is 2.33. The number of aryl methyl sites for hydroxylation is 1. The Morgan fingerprint density at radius 3 is 2.44 bits per heavy atom. The van der Waals surface area contributed by atoms with Crippen LogP contribution in [-0.4, -0.2) is 22.2 Å². The van der Waals surface area contributed by atoms with Crippen molar-refractivity contribution in [2.45, 2.75) is 26.2 Å². The zero-order chi connectivity index (χ0) is 13.5. The number of hydrogen-bond acceptors (Lipinski definition) is 2. The summed E-state index contributed by atoms with van der Waals surface area (Å²) in [4.78, 5) is 22.1. The summed E-state index contributed by atoms with van der Waals surface area (Å²) >= 11 is 0. The van der Waals surface area contributed by atoms with Crippen LogP contribution in [0.4, 0.5) is 0 Å². The van der Waals surface area contributed by atoms with Gasteiger partial charge < -0.3 is 10.2 Å². The first-order valence-electron chi connectivity index (χ1n) is 5.62. The van der Waals surface area contributed by atoms with Crippen LogP contribution in [0.2, 0.25) is 0 Å². The first-order valence-corrected chi connectivity index (χ1v) is 5.62. The highest BCUT2D eigenvalue weighted by Gasteiger charge is 2.19. The molecule has 0 unspecified atom stereocenters. The second-order valence-corrected chi connectivity index (χ2v) is 3.66. The fraction of sp³-hybridized carbons (Fsp3) is 0.286. The normalized spacial score (nSPS) is 9.39. The maximum atomic E-state index is 11.1. The Bertz CT molecular complexity index is 520. The molecule has 4 nitrogen and oxygen atoms in total. The average molecular weight is 246 g/mol. The van der Waals surface area contributed by atoms with Crippen LogP contribution >= 0.6 is 0 Å². The van der Waals surface area contributed by atoms with Crippen LogP contribution in [0.25, 0.3) is 0 Å². The van der Waals surface area contributed by atoms with Gasteiger partial charge in [0.25, 0.3) is 0 Å². The van der Waals surface area contributed by atoms with Crippen LogP contribution in [0, 0.1) is 11.8 Å². The topological polar surface area (TPSA) is 74.6 Å². The van der Waals surface area contributed by atoms with E-state index in [1.165, 1.54) is 6.07 Å². The van der Waals surface area contributed by atoms with Crippen molar-refractivity contribution in [2.75, 3.05) is 0 Å². The number of carbonyl (C=O) groups is 2. The van der Waals surface area contributed by atoms with E-state index in [4.69, 9.17) is 10.2 Å². The summed E-state index contributed by atoms with van der Waals surface area (Å²) in [5.74, 6) is 3.35. The van der Waals surface area contributed by atoms with Gasteiger partial charge in [-0.05, 0) is 18.1 Å². The first-order chi connectivity index (χ1) is 8.57. The minimum Gasteiger partial charge on any atom is -0.478 e. The quantitative estimate of drug-likeness (QED) is 0.800. The van der Waals surface area contributed by atoms with Gasteiger partial charge in [-0.3, -0.25) is 0 Å².